The maximum atomic E-state index is 3.62. The number of unbranched alkanes of at least 4 members (excludes halogenated alkanes) is 2. The van der Waals surface area contributed by atoms with Crippen molar-refractivity contribution < 1.29 is 0 Å². The van der Waals surface area contributed by atoms with Gasteiger partial charge in [-0.3, -0.25) is 0 Å². The van der Waals surface area contributed by atoms with Crippen LogP contribution in [0.5, 0.6) is 0 Å². The van der Waals surface area contributed by atoms with Crippen molar-refractivity contribution in [3.63, 3.8) is 0 Å². The van der Waals surface area contributed by atoms with Gasteiger partial charge in [-0.05, 0) is 42.0 Å². The second kappa shape index (κ2) is 4.98. The minimum absolute atomic E-state index is 1.09. The molecule has 0 saturated heterocycles. The second-order valence-electron chi connectivity index (χ2n) is 4.16. The van der Waals surface area contributed by atoms with E-state index in [9.17, 15) is 0 Å². The Hall–Kier alpha value is -0.560. The van der Waals surface area contributed by atoms with Gasteiger partial charge in [0.15, 0.2) is 0 Å². The summed E-state index contributed by atoms with van der Waals surface area (Å²) >= 11 is 3.62. The molecule has 1 heteroatoms. The topological polar surface area (TPSA) is 0 Å². The van der Waals surface area contributed by atoms with Crippen LogP contribution in [0.25, 0.3) is 6.08 Å². The highest BCUT2D eigenvalue weighted by atomic mass is 79.9. The van der Waals surface area contributed by atoms with Crippen LogP contribution >= 0.6 is 15.9 Å². The van der Waals surface area contributed by atoms with Crippen LogP contribution in [0.15, 0.2) is 22.7 Å². The first-order valence-corrected chi connectivity index (χ1v) is 6.59. The molecule has 0 spiro atoms. The third-order valence-electron chi connectivity index (χ3n) is 3.05. The fourth-order valence-corrected chi connectivity index (χ4v) is 2.69. The quantitative estimate of drug-likeness (QED) is 0.689. The first kappa shape index (κ1) is 10.9. The summed E-state index contributed by atoms with van der Waals surface area (Å²) in [5.41, 5.74) is 4.47. The molecule has 0 bridgehead atoms. The number of benzene rings is 1. The van der Waals surface area contributed by atoms with E-state index in [1.54, 1.807) is 0 Å². The molecule has 0 fully saturated rings. The van der Waals surface area contributed by atoms with Crippen LogP contribution in [0.4, 0.5) is 0 Å². The summed E-state index contributed by atoms with van der Waals surface area (Å²) in [5, 5.41) is 0. The third-order valence-corrected chi connectivity index (χ3v) is 3.79. The lowest BCUT2D eigenvalue weighted by atomic mass is 9.99. The van der Waals surface area contributed by atoms with E-state index in [0.29, 0.717) is 0 Å². The highest BCUT2D eigenvalue weighted by Crippen LogP contribution is 2.30. The van der Waals surface area contributed by atoms with Crippen LogP contribution in [0.1, 0.15) is 42.9 Å². The number of aryl methyl sites for hydroxylation is 1. The normalized spacial score (nSPS) is 13.2. The Labute approximate surface area is 101 Å². The molecule has 0 aromatic heterocycles. The van der Waals surface area contributed by atoms with Gasteiger partial charge >= 0.3 is 0 Å². The number of halogens is 1. The molecule has 0 heterocycles. The van der Waals surface area contributed by atoms with Crippen LogP contribution in [-0.2, 0) is 12.8 Å². The Balaban J connectivity index is 2.18. The summed E-state index contributed by atoms with van der Waals surface area (Å²) in [5.74, 6) is 0. The van der Waals surface area contributed by atoms with Gasteiger partial charge in [-0.1, -0.05) is 53.9 Å². The standard InChI is InChI=1S/C14H17Br/c1-2-3-4-6-11-9-10-14(15)13-8-5-7-12(11)13/h5,7,9-10H,2-4,6,8H2,1H3. The summed E-state index contributed by atoms with van der Waals surface area (Å²) in [4.78, 5) is 0. The molecule has 1 aromatic carbocycles. The van der Waals surface area contributed by atoms with Crippen molar-refractivity contribution in [1.29, 1.82) is 0 Å². The van der Waals surface area contributed by atoms with E-state index in [2.05, 4.69) is 47.1 Å². The number of hydrogen-bond acceptors (Lipinski definition) is 0. The molecule has 0 aliphatic heterocycles. The van der Waals surface area contributed by atoms with Gasteiger partial charge in [0.05, 0.1) is 0 Å². The predicted octanol–water partition coefficient (Wildman–Crippen LogP) is 4.75. The van der Waals surface area contributed by atoms with Crippen molar-refractivity contribution in [2.75, 3.05) is 0 Å². The van der Waals surface area contributed by atoms with Crippen molar-refractivity contribution in [2.24, 2.45) is 0 Å². The molecule has 0 amide bonds. The fraction of sp³-hybridized carbons (Fsp3) is 0.429. The molecule has 2 rings (SSSR count). The largest absolute Gasteiger partial charge is 0.0795 e. The maximum Gasteiger partial charge on any atom is 0.0216 e. The molecule has 0 saturated carbocycles. The SMILES string of the molecule is CCCCCc1ccc(Br)c2c1C=CC2. The number of rotatable bonds is 4. The second-order valence-corrected chi connectivity index (χ2v) is 5.02. The molecule has 15 heavy (non-hydrogen) atoms. The lowest BCUT2D eigenvalue weighted by Crippen LogP contribution is -1.93. The summed E-state index contributed by atoms with van der Waals surface area (Å²) in [6.45, 7) is 2.26. The molecule has 1 aromatic rings. The Morgan fingerprint density at radius 2 is 2.13 bits per heavy atom. The molecule has 1 aliphatic carbocycles. The molecule has 0 atom stereocenters. The fourth-order valence-electron chi connectivity index (χ4n) is 2.18. The van der Waals surface area contributed by atoms with E-state index in [0.717, 1.165) is 6.42 Å². The van der Waals surface area contributed by atoms with Gasteiger partial charge in [0, 0.05) is 4.47 Å². The van der Waals surface area contributed by atoms with Crippen LogP contribution < -0.4 is 0 Å². The van der Waals surface area contributed by atoms with Gasteiger partial charge in [0.1, 0.15) is 0 Å². The molecule has 1 aliphatic rings. The van der Waals surface area contributed by atoms with Crippen molar-refractivity contribution in [1.82, 2.24) is 0 Å². The van der Waals surface area contributed by atoms with Gasteiger partial charge < -0.3 is 0 Å². The highest BCUT2D eigenvalue weighted by Gasteiger charge is 2.12. The Kier molecular flexibility index (Phi) is 3.63. The molecule has 80 valence electrons. The van der Waals surface area contributed by atoms with Crippen LogP contribution in [-0.4, -0.2) is 0 Å². The monoisotopic (exact) mass is 264 g/mol. The molecule has 0 nitrogen and oxygen atoms in total. The van der Waals surface area contributed by atoms with Crippen LogP contribution in [0.2, 0.25) is 0 Å². The zero-order valence-electron chi connectivity index (χ0n) is 9.22. The summed E-state index contributed by atoms with van der Waals surface area (Å²) in [6, 6.07) is 4.47. The summed E-state index contributed by atoms with van der Waals surface area (Å²) in [6.07, 6.45) is 10.8. The van der Waals surface area contributed by atoms with E-state index in [4.69, 9.17) is 0 Å². The minimum Gasteiger partial charge on any atom is -0.0795 e. The van der Waals surface area contributed by atoms with Crippen LogP contribution in [0, 0.1) is 0 Å². The molecule has 0 N–H and O–H groups in total. The average molecular weight is 265 g/mol. The van der Waals surface area contributed by atoms with Gasteiger partial charge in [-0.15, -0.1) is 0 Å². The van der Waals surface area contributed by atoms with E-state index in [-0.39, 0.29) is 0 Å². The first-order chi connectivity index (χ1) is 7.33. The van der Waals surface area contributed by atoms with Crippen molar-refractivity contribution in [3.8, 4) is 0 Å². The smallest absolute Gasteiger partial charge is 0.0216 e. The van der Waals surface area contributed by atoms with Gasteiger partial charge in [-0.25, -0.2) is 0 Å². The van der Waals surface area contributed by atoms with E-state index >= 15 is 0 Å². The van der Waals surface area contributed by atoms with Crippen molar-refractivity contribution >= 4 is 22.0 Å². The maximum absolute atomic E-state index is 3.62. The predicted molar refractivity (Wildman–Crippen MR) is 70.1 cm³/mol. The van der Waals surface area contributed by atoms with Gasteiger partial charge in [0.2, 0.25) is 0 Å². The summed E-state index contributed by atoms with van der Waals surface area (Å²) < 4.78 is 1.27. The zero-order chi connectivity index (χ0) is 10.7. The molecule has 0 unspecified atom stereocenters. The van der Waals surface area contributed by atoms with E-state index in [1.165, 1.54) is 46.8 Å². The number of fused-ring (bicyclic) bond motifs is 1. The van der Waals surface area contributed by atoms with Crippen LogP contribution in [0.3, 0.4) is 0 Å². The molecular formula is C14H17Br. The Bertz CT molecular complexity index is 377. The Morgan fingerprint density at radius 1 is 1.27 bits per heavy atom. The minimum atomic E-state index is 1.09. The van der Waals surface area contributed by atoms with Crippen molar-refractivity contribution in [3.05, 3.63) is 39.4 Å². The lowest BCUT2D eigenvalue weighted by molar-refractivity contribution is 0.716. The Morgan fingerprint density at radius 3 is 2.93 bits per heavy atom. The number of allylic oxidation sites excluding steroid dienone is 1. The average Bonchev–Trinajstić information content (AvgIpc) is 2.71. The first-order valence-electron chi connectivity index (χ1n) is 5.79. The van der Waals surface area contributed by atoms with E-state index < -0.39 is 0 Å². The van der Waals surface area contributed by atoms with Crippen molar-refractivity contribution in [2.45, 2.75) is 39.0 Å². The van der Waals surface area contributed by atoms with Gasteiger partial charge in [-0.2, -0.15) is 0 Å². The lowest BCUT2D eigenvalue weighted by Gasteiger charge is -2.09. The summed E-state index contributed by atoms with van der Waals surface area (Å²) in [7, 11) is 0. The zero-order valence-corrected chi connectivity index (χ0v) is 10.8. The van der Waals surface area contributed by atoms with Gasteiger partial charge in [0.25, 0.3) is 0 Å². The molecular weight excluding hydrogens is 248 g/mol. The third kappa shape index (κ3) is 2.34. The molecule has 0 radical (unpaired) electrons. The number of hydrogen-bond donors (Lipinski definition) is 0. The highest BCUT2D eigenvalue weighted by molar-refractivity contribution is 9.10. The van der Waals surface area contributed by atoms with E-state index in [1.807, 2.05) is 0 Å².